The van der Waals surface area contributed by atoms with E-state index in [-0.39, 0.29) is 18.4 Å². The van der Waals surface area contributed by atoms with Crippen LogP contribution < -0.4 is 15.2 Å². The second-order valence-electron chi connectivity index (χ2n) is 6.95. The fourth-order valence-electron chi connectivity index (χ4n) is 3.99. The van der Waals surface area contributed by atoms with Crippen LogP contribution in [0.1, 0.15) is 23.1 Å². The highest BCUT2D eigenvalue weighted by Gasteiger charge is 2.48. The lowest BCUT2D eigenvalue weighted by Crippen LogP contribution is -2.31. The Morgan fingerprint density at radius 2 is 2.11 bits per heavy atom. The molecule has 2 N–H and O–H groups in total. The highest BCUT2D eigenvalue weighted by molar-refractivity contribution is 5.78. The molecular formula is C21H19FN2O4. The van der Waals surface area contributed by atoms with E-state index >= 15 is 4.39 Å². The molecule has 3 aliphatic heterocycles. The molecule has 3 aliphatic rings. The van der Waals surface area contributed by atoms with Gasteiger partial charge in [-0.05, 0) is 47.9 Å². The van der Waals surface area contributed by atoms with Crippen molar-refractivity contribution in [2.24, 2.45) is 10.7 Å². The molecule has 1 atom stereocenters. The number of hydrogen-bond acceptors (Lipinski definition) is 6. The van der Waals surface area contributed by atoms with E-state index in [1.54, 1.807) is 19.2 Å². The van der Waals surface area contributed by atoms with Gasteiger partial charge in [0.1, 0.15) is 18.1 Å². The second kappa shape index (κ2) is 6.24. The molecule has 0 unspecified atom stereocenters. The Morgan fingerprint density at radius 1 is 1.21 bits per heavy atom. The van der Waals surface area contributed by atoms with Gasteiger partial charge in [0.05, 0.1) is 20.3 Å². The molecule has 2 aromatic rings. The maximum Gasteiger partial charge on any atom is 0.283 e. The van der Waals surface area contributed by atoms with Gasteiger partial charge in [-0.1, -0.05) is 6.08 Å². The predicted molar refractivity (Wildman–Crippen MR) is 101 cm³/mol. The van der Waals surface area contributed by atoms with E-state index in [0.29, 0.717) is 30.3 Å². The van der Waals surface area contributed by atoms with Crippen LogP contribution in [0.5, 0.6) is 17.2 Å². The molecule has 0 saturated carbocycles. The molecule has 7 heteroatoms. The quantitative estimate of drug-likeness (QED) is 0.862. The zero-order valence-corrected chi connectivity index (χ0v) is 15.3. The smallest absolute Gasteiger partial charge is 0.283 e. The molecule has 3 heterocycles. The number of nitrogens with two attached hydrogens (primary N) is 1. The van der Waals surface area contributed by atoms with Gasteiger partial charge in [0.25, 0.3) is 6.02 Å². The first kappa shape index (κ1) is 17.1. The molecule has 0 aliphatic carbocycles. The van der Waals surface area contributed by atoms with E-state index in [9.17, 15) is 0 Å². The molecule has 144 valence electrons. The van der Waals surface area contributed by atoms with Crippen LogP contribution in [0.25, 0.3) is 5.57 Å². The molecule has 0 fully saturated rings. The van der Waals surface area contributed by atoms with E-state index in [4.69, 9.17) is 24.7 Å². The average Bonchev–Trinajstić information content (AvgIpc) is 3.11. The van der Waals surface area contributed by atoms with E-state index in [0.717, 1.165) is 23.1 Å². The summed E-state index contributed by atoms with van der Waals surface area (Å²) >= 11 is 0. The molecule has 2 aromatic carbocycles. The number of rotatable bonds is 2. The number of nitrogens with zero attached hydrogens (tertiary/aromatic N) is 1. The number of methoxy groups -OCH3 is 1. The van der Waals surface area contributed by atoms with Crippen molar-refractivity contribution >= 4 is 11.6 Å². The zero-order chi connectivity index (χ0) is 19.3. The minimum absolute atomic E-state index is 0.0673. The Hall–Kier alpha value is -3.06. The molecule has 0 amide bonds. The molecule has 0 aromatic heterocycles. The molecule has 0 saturated heterocycles. The van der Waals surface area contributed by atoms with Crippen LogP contribution in [0.4, 0.5) is 4.39 Å². The summed E-state index contributed by atoms with van der Waals surface area (Å²) in [5, 5.41) is 0. The lowest BCUT2D eigenvalue weighted by Gasteiger charge is -2.34. The van der Waals surface area contributed by atoms with E-state index < -0.39 is 11.4 Å². The minimum atomic E-state index is -0.982. The fraction of sp³-hybridized carbons (Fsp3) is 0.286. The number of aliphatic imine (C=N–C) groups is 1. The van der Waals surface area contributed by atoms with Crippen molar-refractivity contribution in [3.8, 4) is 17.2 Å². The molecule has 0 bridgehead atoms. The Kier molecular flexibility index (Phi) is 3.80. The van der Waals surface area contributed by atoms with Gasteiger partial charge in [-0.15, -0.1) is 0 Å². The maximum absolute atomic E-state index is 15.1. The number of fused-ring (bicyclic) bond motifs is 4. The number of amidine groups is 1. The number of ether oxygens (including phenoxy) is 4. The Labute approximate surface area is 161 Å². The molecule has 5 rings (SSSR count). The van der Waals surface area contributed by atoms with Crippen LogP contribution in [0.3, 0.4) is 0 Å². The van der Waals surface area contributed by atoms with Crippen molar-refractivity contribution in [2.45, 2.75) is 12.0 Å². The van der Waals surface area contributed by atoms with Crippen molar-refractivity contribution in [1.82, 2.24) is 0 Å². The predicted octanol–water partition coefficient (Wildman–Crippen LogP) is 3.33. The summed E-state index contributed by atoms with van der Waals surface area (Å²) in [6, 6.07) is 8.83. The molecule has 6 nitrogen and oxygen atoms in total. The molecular weight excluding hydrogens is 363 g/mol. The van der Waals surface area contributed by atoms with Crippen LogP contribution in [0, 0.1) is 5.82 Å². The zero-order valence-electron chi connectivity index (χ0n) is 15.3. The van der Waals surface area contributed by atoms with Gasteiger partial charge < -0.3 is 24.7 Å². The van der Waals surface area contributed by atoms with Crippen LogP contribution in [0.2, 0.25) is 0 Å². The lowest BCUT2D eigenvalue weighted by molar-refractivity contribution is 0.161. The van der Waals surface area contributed by atoms with Crippen molar-refractivity contribution in [2.75, 3.05) is 26.9 Å². The van der Waals surface area contributed by atoms with Crippen LogP contribution >= 0.6 is 0 Å². The maximum atomic E-state index is 15.1. The second-order valence-corrected chi connectivity index (χ2v) is 6.95. The normalized spacial score (nSPS) is 22.5. The highest BCUT2D eigenvalue weighted by Crippen LogP contribution is 2.53. The van der Waals surface area contributed by atoms with Crippen LogP contribution in [-0.4, -0.2) is 33.0 Å². The third-order valence-corrected chi connectivity index (χ3v) is 5.40. The van der Waals surface area contributed by atoms with E-state index in [1.165, 1.54) is 6.07 Å². The van der Waals surface area contributed by atoms with Gasteiger partial charge in [0.2, 0.25) is 0 Å². The first-order valence-electron chi connectivity index (χ1n) is 9.06. The first-order valence-corrected chi connectivity index (χ1v) is 9.06. The summed E-state index contributed by atoms with van der Waals surface area (Å²) < 4.78 is 37.3. The standard InChI is InChI=1S/C21H19FN2O4/c1-25-14-2-3-18-15(10-14)21(11-27-20(23)24-21)16-8-13(9-17(22)19(16)28-18)12-4-6-26-7-5-12/h2-4,8-10H,5-7,11H2,1H3,(H2,23,24)/t21-/m1/s1. The summed E-state index contributed by atoms with van der Waals surface area (Å²) in [4.78, 5) is 4.59. The minimum Gasteiger partial charge on any atom is -0.497 e. The van der Waals surface area contributed by atoms with Crippen molar-refractivity contribution in [3.05, 3.63) is 58.9 Å². The van der Waals surface area contributed by atoms with Gasteiger partial charge in [-0.3, -0.25) is 0 Å². The molecule has 1 spiro atoms. The van der Waals surface area contributed by atoms with Gasteiger partial charge in [-0.2, -0.15) is 0 Å². The SMILES string of the molecule is COc1ccc2c(c1)[C@]1(COC(N)=N1)c1cc(C3=CCOCC3)cc(F)c1O2. The summed E-state index contributed by atoms with van der Waals surface area (Å²) in [6.07, 6.45) is 2.69. The van der Waals surface area contributed by atoms with Gasteiger partial charge in [0, 0.05) is 11.1 Å². The summed E-state index contributed by atoms with van der Waals surface area (Å²) in [5.74, 6) is 0.861. The van der Waals surface area contributed by atoms with Crippen LogP contribution in [-0.2, 0) is 15.0 Å². The lowest BCUT2D eigenvalue weighted by atomic mass is 9.80. The van der Waals surface area contributed by atoms with Gasteiger partial charge >= 0.3 is 0 Å². The van der Waals surface area contributed by atoms with Gasteiger partial charge in [-0.25, -0.2) is 9.38 Å². The monoisotopic (exact) mass is 382 g/mol. The summed E-state index contributed by atoms with van der Waals surface area (Å²) in [6.45, 7) is 1.30. The Bertz CT molecular complexity index is 1030. The third kappa shape index (κ3) is 2.46. The first-order chi connectivity index (χ1) is 13.6. The van der Waals surface area contributed by atoms with Crippen molar-refractivity contribution in [3.63, 3.8) is 0 Å². The summed E-state index contributed by atoms with van der Waals surface area (Å²) in [5.41, 5.74) is 8.05. The van der Waals surface area contributed by atoms with Crippen molar-refractivity contribution < 1.29 is 23.3 Å². The number of hydrogen-bond donors (Lipinski definition) is 1. The number of benzene rings is 2. The average molecular weight is 382 g/mol. The largest absolute Gasteiger partial charge is 0.497 e. The topological polar surface area (TPSA) is 75.3 Å². The summed E-state index contributed by atoms with van der Waals surface area (Å²) in [7, 11) is 1.59. The van der Waals surface area contributed by atoms with Crippen LogP contribution in [0.15, 0.2) is 41.4 Å². The Morgan fingerprint density at radius 3 is 2.82 bits per heavy atom. The number of halogens is 1. The highest BCUT2D eigenvalue weighted by atomic mass is 19.1. The molecule has 28 heavy (non-hydrogen) atoms. The molecule has 0 radical (unpaired) electrons. The van der Waals surface area contributed by atoms with E-state index in [2.05, 4.69) is 4.99 Å². The third-order valence-electron chi connectivity index (χ3n) is 5.40. The fourth-order valence-corrected chi connectivity index (χ4v) is 3.99. The van der Waals surface area contributed by atoms with Crippen molar-refractivity contribution in [1.29, 1.82) is 0 Å². The van der Waals surface area contributed by atoms with Gasteiger partial charge in [0.15, 0.2) is 17.1 Å². The van der Waals surface area contributed by atoms with E-state index in [1.807, 2.05) is 18.2 Å². The Balaban J connectivity index is 1.75.